The lowest BCUT2D eigenvalue weighted by Crippen LogP contribution is -2.35. The molecule has 3 heterocycles. The summed E-state index contributed by atoms with van der Waals surface area (Å²) in [6.45, 7) is 3.60. The van der Waals surface area contributed by atoms with Crippen molar-refractivity contribution in [1.82, 2.24) is 13.8 Å². The van der Waals surface area contributed by atoms with E-state index in [0.29, 0.717) is 31.0 Å². The molecule has 4 rings (SSSR count). The number of likely N-dealkylation sites (tertiary alicyclic amines) is 1. The van der Waals surface area contributed by atoms with Gasteiger partial charge >= 0.3 is 0 Å². The molecule has 2 aromatic rings. The van der Waals surface area contributed by atoms with Gasteiger partial charge in [-0.25, -0.2) is 8.42 Å². The Balaban J connectivity index is 1.50. The standard InChI is InChI=1S/C20H27N3O3S/c24-20(22-10-4-5-11-22)9-15-21-14-8-17-16-18(6-7-19(17)21)27(25,26)23-12-2-1-3-13-23/h6-8,14,16H,1-5,9-13,15H2. The predicted octanol–water partition coefficient (Wildman–Crippen LogP) is 2.83. The van der Waals surface area contributed by atoms with E-state index in [4.69, 9.17) is 0 Å². The molecule has 1 aromatic carbocycles. The first-order valence-electron chi connectivity index (χ1n) is 9.92. The van der Waals surface area contributed by atoms with Crippen LogP contribution < -0.4 is 0 Å². The van der Waals surface area contributed by atoms with Crippen molar-refractivity contribution in [3.05, 3.63) is 30.5 Å². The molecule has 0 radical (unpaired) electrons. The van der Waals surface area contributed by atoms with Crippen molar-refractivity contribution in [2.75, 3.05) is 26.2 Å². The second-order valence-electron chi connectivity index (χ2n) is 7.53. The SMILES string of the molecule is O=C(CCn1ccc2cc(S(=O)(=O)N3CCCCC3)ccc21)N1CCCC1. The number of sulfonamides is 1. The van der Waals surface area contributed by atoms with Crippen molar-refractivity contribution in [3.8, 4) is 0 Å². The average Bonchev–Trinajstić information content (AvgIpc) is 3.36. The van der Waals surface area contributed by atoms with Crippen LogP contribution in [0.2, 0.25) is 0 Å². The molecule has 2 fully saturated rings. The Labute approximate surface area is 160 Å². The van der Waals surface area contributed by atoms with Gasteiger partial charge in [0.25, 0.3) is 0 Å². The molecular formula is C20H27N3O3S. The molecule has 1 aromatic heterocycles. The van der Waals surface area contributed by atoms with Crippen LogP contribution in [0.25, 0.3) is 10.9 Å². The minimum Gasteiger partial charge on any atom is -0.347 e. The number of hydrogen-bond acceptors (Lipinski definition) is 3. The molecule has 0 aliphatic carbocycles. The molecule has 2 aliphatic heterocycles. The first kappa shape index (κ1) is 18.5. The molecule has 2 saturated heterocycles. The molecule has 0 spiro atoms. The third-order valence-electron chi connectivity index (χ3n) is 5.72. The smallest absolute Gasteiger partial charge is 0.243 e. The lowest BCUT2D eigenvalue weighted by molar-refractivity contribution is -0.130. The second-order valence-corrected chi connectivity index (χ2v) is 9.47. The summed E-state index contributed by atoms with van der Waals surface area (Å²) in [4.78, 5) is 14.6. The molecule has 0 saturated carbocycles. The van der Waals surface area contributed by atoms with Crippen molar-refractivity contribution in [2.45, 2.75) is 50.0 Å². The normalized spacial score (nSPS) is 19.0. The molecular weight excluding hydrogens is 362 g/mol. The van der Waals surface area contributed by atoms with Crippen LogP contribution in [0.15, 0.2) is 35.4 Å². The number of carbonyl (C=O) groups excluding carboxylic acids is 1. The minimum absolute atomic E-state index is 0.207. The van der Waals surface area contributed by atoms with Gasteiger partial charge in [-0.1, -0.05) is 6.42 Å². The van der Waals surface area contributed by atoms with Crippen LogP contribution in [-0.2, 0) is 21.4 Å². The molecule has 2 aliphatic rings. The zero-order valence-corrected chi connectivity index (χ0v) is 16.5. The number of benzene rings is 1. The Bertz CT molecular complexity index is 923. The Hall–Kier alpha value is -1.86. The van der Waals surface area contributed by atoms with E-state index in [1.54, 1.807) is 16.4 Å². The van der Waals surface area contributed by atoms with E-state index >= 15 is 0 Å². The van der Waals surface area contributed by atoms with Crippen LogP contribution in [0.3, 0.4) is 0 Å². The van der Waals surface area contributed by atoms with Gasteiger partial charge in [-0.3, -0.25) is 4.79 Å². The van der Waals surface area contributed by atoms with Gasteiger partial charge in [0.15, 0.2) is 0 Å². The highest BCUT2D eigenvalue weighted by Gasteiger charge is 2.26. The number of aryl methyl sites for hydroxylation is 1. The quantitative estimate of drug-likeness (QED) is 0.790. The fourth-order valence-corrected chi connectivity index (χ4v) is 5.68. The molecule has 1 amide bonds. The summed E-state index contributed by atoms with van der Waals surface area (Å²) in [5.74, 6) is 0.207. The Kier molecular flexibility index (Phi) is 5.23. The first-order chi connectivity index (χ1) is 13.1. The Morgan fingerprint density at radius 3 is 2.37 bits per heavy atom. The topological polar surface area (TPSA) is 62.6 Å². The summed E-state index contributed by atoms with van der Waals surface area (Å²) >= 11 is 0. The van der Waals surface area contributed by atoms with Crippen LogP contribution in [0.1, 0.15) is 38.5 Å². The van der Waals surface area contributed by atoms with Gasteiger partial charge in [0.05, 0.1) is 4.90 Å². The highest BCUT2D eigenvalue weighted by Crippen LogP contribution is 2.25. The van der Waals surface area contributed by atoms with Gasteiger partial charge in [0.1, 0.15) is 0 Å². The summed E-state index contributed by atoms with van der Waals surface area (Å²) in [5.41, 5.74) is 0.974. The van der Waals surface area contributed by atoms with E-state index in [1.165, 1.54) is 0 Å². The Morgan fingerprint density at radius 1 is 0.926 bits per heavy atom. The van der Waals surface area contributed by atoms with Crippen LogP contribution in [0, 0.1) is 0 Å². The fourth-order valence-electron chi connectivity index (χ4n) is 4.13. The van der Waals surface area contributed by atoms with E-state index in [9.17, 15) is 13.2 Å². The average molecular weight is 390 g/mol. The summed E-state index contributed by atoms with van der Waals surface area (Å²) in [7, 11) is -3.42. The Morgan fingerprint density at radius 2 is 1.63 bits per heavy atom. The molecule has 0 atom stereocenters. The number of carbonyl (C=O) groups is 1. The molecule has 27 heavy (non-hydrogen) atoms. The maximum atomic E-state index is 12.9. The van der Waals surface area contributed by atoms with Crippen molar-refractivity contribution in [3.63, 3.8) is 0 Å². The van der Waals surface area contributed by atoms with Crippen molar-refractivity contribution in [2.24, 2.45) is 0 Å². The van der Waals surface area contributed by atoms with Crippen LogP contribution >= 0.6 is 0 Å². The number of rotatable bonds is 5. The van der Waals surface area contributed by atoms with E-state index < -0.39 is 10.0 Å². The summed E-state index contributed by atoms with van der Waals surface area (Å²) in [6, 6.07) is 7.26. The molecule has 146 valence electrons. The van der Waals surface area contributed by atoms with Crippen molar-refractivity contribution in [1.29, 1.82) is 0 Å². The first-order valence-corrected chi connectivity index (χ1v) is 11.4. The maximum absolute atomic E-state index is 12.9. The summed E-state index contributed by atoms with van der Waals surface area (Å²) in [5, 5.41) is 0.904. The lowest BCUT2D eigenvalue weighted by Gasteiger charge is -2.25. The van der Waals surface area contributed by atoms with Gasteiger partial charge in [0.2, 0.25) is 15.9 Å². The van der Waals surface area contributed by atoms with Gasteiger partial charge in [-0.05, 0) is 49.9 Å². The van der Waals surface area contributed by atoms with Crippen LogP contribution in [-0.4, -0.2) is 54.3 Å². The van der Waals surface area contributed by atoms with Gasteiger partial charge in [-0.15, -0.1) is 0 Å². The fraction of sp³-hybridized carbons (Fsp3) is 0.550. The second kappa shape index (κ2) is 7.64. The maximum Gasteiger partial charge on any atom is 0.243 e. The van der Waals surface area contributed by atoms with E-state index in [0.717, 1.165) is 56.1 Å². The molecule has 7 heteroatoms. The minimum atomic E-state index is -3.42. The molecule has 6 nitrogen and oxygen atoms in total. The summed E-state index contributed by atoms with van der Waals surface area (Å²) in [6.07, 6.45) is 7.60. The number of hydrogen-bond donors (Lipinski definition) is 0. The van der Waals surface area contributed by atoms with Crippen molar-refractivity contribution >= 4 is 26.8 Å². The number of amides is 1. The third kappa shape index (κ3) is 3.75. The zero-order chi connectivity index (χ0) is 18.9. The third-order valence-corrected chi connectivity index (χ3v) is 7.62. The van der Waals surface area contributed by atoms with Gasteiger partial charge in [0, 0.05) is 56.2 Å². The van der Waals surface area contributed by atoms with E-state index in [2.05, 4.69) is 0 Å². The zero-order valence-electron chi connectivity index (χ0n) is 15.6. The monoisotopic (exact) mass is 389 g/mol. The van der Waals surface area contributed by atoms with Crippen LogP contribution in [0.5, 0.6) is 0 Å². The van der Waals surface area contributed by atoms with Crippen LogP contribution in [0.4, 0.5) is 0 Å². The highest BCUT2D eigenvalue weighted by molar-refractivity contribution is 7.89. The number of nitrogens with zero attached hydrogens (tertiary/aromatic N) is 3. The molecule has 0 N–H and O–H groups in total. The van der Waals surface area contributed by atoms with E-state index in [1.807, 2.05) is 27.8 Å². The van der Waals surface area contributed by atoms with E-state index in [-0.39, 0.29) is 5.91 Å². The predicted molar refractivity (Wildman–Crippen MR) is 105 cm³/mol. The largest absolute Gasteiger partial charge is 0.347 e. The number of aromatic nitrogens is 1. The molecule has 0 unspecified atom stereocenters. The lowest BCUT2D eigenvalue weighted by atomic mass is 10.2. The number of piperidine rings is 1. The highest BCUT2D eigenvalue weighted by atomic mass is 32.2. The number of fused-ring (bicyclic) bond motifs is 1. The van der Waals surface area contributed by atoms with Gasteiger partial charge < -0.3 is 9.47 Å². The summed E-state index contributed by atoms with van der Waals surface area (Å²) < 4.78 is 29.4. The van der Waals surface area contributed by atoms with Crippen molar-refractivity contribution < 1.29 is 13.2 Å². The van der Waals surface area contributed by atoms with Gasteiger partial charge in [-0.2, -0.15) is 4.31 Å². The molecule has 0 bridgehead atoms.